The number of hydrogen-bond acceptors (Lipinski definition) is 3. The molecule has 3 nitrogen and oxygen atoms in total. The molecule has 1 saturated heterocycles. The average molecular weight is 309 g/mol. The number of nitriles is 1. The number of rotatable bonds is 3. The van der Waals surface area contributed by atoms with Crippen LogP contribution in [0.2, 0.25) is 0 Å². The fourth-order valence-corrected chi connectivity index (χ4v) is 2.65. The lowest BCUT2D eigenvalue weighted by Crippen LogP contribution is -2.33. The zero-order valence-electron chi connectivity index (χ0n) is 10.5. The highest BCUT2D eigenvalue weighted by Crippen LogP contribution is 2.24. The summed E-state index contributed by atoms with van der Waals surface area (Å²) in [6.07, 6.45) is 3.91. The number of nitrogens with zero attached hydrogens (tertiary/aromatic N) is 2. The van der Waals surface area contributed by atoms with E-state index in [1.165, 1.54) is 12.8 Å². The summed E-state index contributed by atoms with van der Waals surface area (Å²) in [7, 11) is 2.06. The fourth-order valence-electron chi connectivity index (χ4n) is 2.19. The minimum Gasteiger partial charge on any atom is -0.376 e. The standard InChI is InChI=1S/C14H17BrN2O/c1-17(10-13-4-2-3-7-18-13)12-6-5-11(9-16)14(15)8-12/h5-6,8,13H,2-4,7,10H2,1H3. The van der Waals surface area contributed by atoms with Gasteiger partial charge < -0.3 is 9.64 Å². The van der Waals surface area contributed by atoms with E-state index in [0.29, 0.717) is 11.7 Å². The first-order valence-electron chi connectivity index (χ1n) is 6.23. The number of benzene rings is 1. The van der Waals surface area contributed by atoms with Crippen LogP contribution < -0.4 is 4.90 Å². The molecule has 1 heterocycles. The van der Waals surface area contributed by atoms with Gasteiger partial charge in [0.05, 0.1) is 11.7 Å². The van der Waals surface area contributed by atoms with E-state index in [4.69, 9.17) is 10.00 Å². The van der Waals surface area contributed by atoms with E-state index in [0.717, 1.165) is 29.7 Å². The van der Waals surface area contributed by atoms with Gasteiger partial charge in [-0.1, -0.05) is 0 Å². The van der Waals surface area contributed by atoms with Gasteiger partial charge in [0, 0.05) is 30.4 Å². The largest absolute Gasteiger partial charge is 0.376 e. The minimum atomic E-state index is 0.332. The van der Waals surface area contributed by atoms with E-state index in [1.54, 1.807) is 0 Å². The summed E-state index contributed by atoms with van der Waals surface area (Å²) in [5.74, 6) is 0. The van der Waals surface area contributed by atoms with Crippen LogP contribution in [0.5, 0.6) is 0 Å². The molecule has 0 radical (unpaired) electrons. The number of anilines is 1. The maximum Gasteiger partial charge on any atom is 0.100 e. The second-order valence-corrected chi connectivity index (χ2v) is 5.50. The summed E-state index contributed by atoms with van der Waals surface area (Å²) >= 11 is 3.42. The van der Waals surface area contributed by atoms with Crippen LogP contribution in [-0.2, 0) is 4.74 Å². The highest BCUT2D eigenvalue weighted by Gasteiger charge is 2.16. The summed E-state index contributed by atoms with van der Waals surface area (Å²) in [5, 5.41) is 8.90. The topological polar surface area (TPSA) is 36.3 Å². The number of likely N-dealkylation sites (N-methyl/N-ethyl adjacent to an activating group) is 1. The molecule has 2 rings (SSSR count). The van der Waals surface area contributed by atoms with Crippen LogP contribution in [0.15, 0.2) is 22.7 Å². The summed E-state index contributed by atoms with van der Waals surface area (Å²) in [4.78, 5) is 2.18. The quantitative estimate of drug-likeness (QED) is 0.859. The second kappa shape index (κ2) is 6.21. The van der Waals surface area contributed by atoms with Crippen molar-refractivity contribution >= 4 is 21.6 Å². The molecule has 0 saturated carbocycles. The van der Waals surface area contributed by atoms with Gasteiger partial charge in [0.2, 0.25) is 0 Å². The predicted molar refractivity (Wildman–Crippen MR) is 75.7 cm³/mol. The molecular weight excluding hydrogens is 292 g/mol. The molecule has 1 fully saturated rings. The number of ether oxygens (including phenoxy) is 1. The highest BCUT2D eigenvalue weighted by atomic mass is 79.9. The Kier molecular flexibility index (Phi) is 4.62. The first-order chi connectivity index (χ1) is 8.70. The number of halogens is 1. The van der Waals surface area contributed by atoms with Gasteiger partial charge in [0.15, 0.2) is 0 Å². The molecule has 1 aromatic carbocycles. The molecule has 1 unspecified atom stereocenters. The molecule has 0 N–H and O–H groups in total. The molecule has 0 bridgehead atoms. The molecule has 18 heavy (non-hydrogen) atoms. The lowest BCUT2D eigenvalue weighted by atomic mass is 10.1. The number of hydrogen-bond donors (Lipinski definition) is 0. The maximum atomic E-state index is 8.90. The van der Waals surface area contributed by atoms with Crippen LogP contribution in [-0.4, -0.2) is 26.3 Å². The monoisotopic (exact) mass is 308 g/mol. The summed E-state index contributed by atoms with van der Waals surface area (Å²) < 4.78 is 6.59. The third-order valence-corrected chi connectivity index (χ3v) is 3.92. The van der Waals surface area contributed by atoms with Crippen molar-refractivity contribution < 1.29 is 4.74 Å². The van der Waals surface area contributed by atoms with E-state index in [-0.39, 0.29) is 0 Å². The van der Waals surface area contributed by atoms with Crippen molar-refractivity contribution in [3.05, 3.63) is 28.2 Å². The smallest absolute Gasteiger partial charge is 0.100 e. The van der Waals surface area contributed by atoms with Gasteiger partial charge in [-0.3, -0.25) is 0 Å². The third kappa shape index (κ3) is 3.24. The Morgan fingerprint density at radius 3 is 2.94 bits per heavy atom. The first kappa shape index (κ1) is 13.4. The van der Waals surface area contributed by atoms with E-state index in [9.17, 15) is 0 Å². The lowest BCUT2D eigenvalue weighted by molar-refractivity contribution is 0.0216. The Labute approximate surface area is 116 Å². The molecule has 0 amide bonds. The molecule has 1 aliphatic heterocycles. The molecule has 0 aromatic heterocycles. The molecule has 1 aliphatic rings. The van der Waals surface area contributed by atoms with E-state index in [2.05, 4.69) is 33.9 Å². The Bertz CT molecular complexity index is 450. The van der Waals surface area contributed by atoms with Crippen molar-refractivity contribution in [3.8, 4) is 6.07 Å². The van der Waals surface area contributed by atoms with E-state index < -0.39 is 0 Å². The Morgan fingerprint density at radius 1 is 1.50 bits per heavy atom. The third-order valence-electron chi connectivity index (χ3n) is 3.27. The molecule has 1 aromatic rings. The molecule has 1 atom stereocenters. The minimum absolute atomic E-state index is 0.332. The van der Waals surface area contributed by atoms with E-state index in [1.807, 2.05) is 18.2 Å². The summed E-state index contributed by atoms with van der Waals surface area (Å²) in [6, 6.07) is 7.96. The van der Waals surface area contributed by atoms with Crippen molar-refractivity contribution in [2.75, 3.05) is 25.1 Å². The van der Waals surface area contributed by atoms with Crippen molar-refractivity contribution in [1.82, 2.24) is 0 Å². The molecule has 96 valence electrons. The van der Waals surface area contributed by atoms with Gasteiger partial charge >= 0.3 is 0 Å². The van der Waals surface area contributed by atoms with Gasteiger partial charge in [-0.15, -0.1) is 0 Å². The first-order valence-corrected chi connectivity index (χ1v) is 7.02. The van der Waals surface area contributed by atoms with Crippen molar-refractivity contribution in [2.45, 2.75) is 25.4 Å². The van der Waals surface area contributed by atoms with Crippen molar-refractivity contribution in [2.24, 2.45) is 0 Å². The molecule has 0 spiro atoms. The van der Waals surface area contributed by atoms with Crippen LogP contribution in [0.1, 0.15) is 24.8 Å². The van der Waals surface area contributed by atoms with Crippen molar-refractivity contribution in [1.29, 1.82) is 5.26 Å². The fraction of sp³-hybridized carbons (Fsp3) is 0.500. The predicted octanol–water partition coefficient (Wildman–Crippen LogP) is 3.33. The van der Waals surface area contributed by atoms with Crippen LogP contribution in [0, 0.1) is 11.3 Å². The molecule has 4 heteroatoms. The molecular formula is C14H17BrN2O. The Hall–Kier alpha value is -1.05. The van der Waals surface area contributed by atoms with Gasteiger partial charge in [0.1, 0.15) is 6.07 Å². The van der Waals surface area contributed by atoms with E-state index >= 15 is 0 Å². The average Bonchev–Trinajstić information content (AvgIpc) is 2.39. The van der Waals surface area contributed by atoms with Gasteiger partial charge in [0.25, 0.3) is 0 Å². The zero-order valence-corrected chi connectivity index (χ0v) is 12.1. The normalized spacial score (nSPS) is 19.3. The Balaban J connectivity index is 2.02. The maximum absolute atomic E-state index is 8.90. The second-order valence-electron chi connectivity index (χ2n) is 4.65. The Morgan fingerprint density at radius 2 is 2.33 bits per heavy atom. The van der Waals surface area contributed by atoms with Gasteiger partial charge in [-0.05, 0) is 53.4 Å². The molecule has 0 aliphatic carbocycles. The van der Waals surface area contributed by atoms with Gasteiger partial charge in [-0.25, -0.2) is 0 Å². The van der Waals surface area contributed by atoms with Crippen LogP contribution in [0.4, 0.5) is 5.69 Å². The summed E-state index contributed by atoms with van der Waals surface area (Å²) in [6.45, 7) is 1.79. The van der Waals surface area contributed by atoms with Crippen molar-refractivity contribution in [3.63, 3.8) is 0 Å². The highest BCUT2D eigenvalue weighted by molar-refractivity contribution is 9.10. The lowest BCUT2D eigenvalue weighted by Gasteiger charge is -2.28. The summed E-state index contributed by atoms with van der Waals surface area (Å²) in [5.41, 5.74) is 1.77. The zero-order chi connectivity index (χ0) is 13.0. The van der Waals surface area contributed by atoms with Crippen LogP contribution in [0.3, 0.4) is 0 Å². The van der Waals surface area contributed by atoms with Crippen LogP contribution in [0.25, 0.3) is 0 Å². The van der Waals surface area contributed by atoms with Crippen LogP contribution >= 0.6 is 15.9 Å². The van der Waals surface area contributed by atoms with Gasteiger partial charge in [-0.2, -0.15) is 5.26 Å². The SMILES string of the molecule is CN(CC1CCCCO1)c1ccc(C#N)c(Br)c1.